The molecule has 4 rings (SSSR count). The summed E-state index contributed by atoms with van der Waals surface area (Å²) in [5.74, 6) is 0.967. The first-order chi connectivity index (χ1) is 11.3. The van der Waals surface area contributed by atoms with Crippen molar-refractivity contribution in [3.05, 3.63) is 53.0 Å². The van der Waals surface area contributed by atoms with Crippen LogP contribution in [0.5, 0.6) is 11.5 Å². The molecule has 0 atom stereocenters. The van der Waals surface area contributed by atoms with Crippen LogP contribution in [0, 0.1) is 0 Å². The number of hydrogen-bond acceptors (Lipinski definition) is 5. The molecule has 3 aromatic rings. The number of rotatable bonds is 3. The van der Waals surface area contributed by atoms with Gasteiger partial charge >= 0.3 is 0 Å². The van der Waals surface area contributed by atoms with Crippen molar-refractivity contribution in [1.29, 1.82) is 0 Å². The summed E-state index contributed by atoms with van der Waals surface area (Å²) in [5, 5.41) is 2.95. The van der Waals surface area contributed by atoms with E-state index in [2.05, 4.69) is 10.3 Å². The van der Waals surface area contributed by atoms with E-state index in [4.69, 9.17) is 9.47 Å². The lowest BCUT2D eigenvalue weighted by molar-refractivity contribution is 0.0940. The number of thiazole rings is 1. The summed E-state index contributed by atoms with van der Waals surface area (Å²) in [7, 11) is 0. The molecule has 2 aromatic carbocycles. The molecule has 0 spiro atoms. The second-order valence-electron chi connectivity index (χ2n) is 5.13. The summed E-state index contributed by atoms with van der Waals surface area (Å²) in [6, 6.07) is 11.3. The highest BCUT2D eigenvalue weighted by Gasteiger charge is 2.20. The first-order valence-corrected chi connectivity index (χ1v) is 8.19. The molecule has 0 bridgehead atoms. The average Bonchev–Trinajstić information content (AvgIpc) is 3.08. The van der Waals surface area contributed by atoms with Crippen LogP contribution in [0.1, 0.15) is 15.9 Å². The number of nitrogens with zero attached hydrogens (tertiary/aromatic N) is 1. The maximum Gasteiger partial charge on any atom is 0.255 e. The molecule has 0 radical (unpaired) electrons. The molecule has 2 heterocycles. The maximum absolute atomic E-state index is 12.5. The van der Waals surface area contributed by atoms with E-state index < -0.39 is 0 Å². The first kappa shape index (κ1) is 14.0. The van der Waals surface area contributed by atoms with Crippen molar-refractivity contribution >= 4 is 27.5 Å². The smallest absolute Gasteiger partial charge is 0.255 e. The molecule has 23 heavy (non-hydrogen) atoms. The molecule has 0 fully saturated rings. The molecule has 1 amide bonds. The molecule has 116 valence electrons. The predicted octanol–water partition coefficient (Wildman–Crippen LogP) is 3.00. The number of benzene rings is 2. The fraction of sp³-hybridized carbons (Fsp3) is 0.176. The molecule has 0 aliphatic carbocycles. The van der Waals surface area contributed by atoms with Gasteiger partial charge in [-0.05, 0) is 23.8 Å². The van der Waals surface area contributed by atoms with Crippen LogP contribution >= 0.6 is 11.3 Å². The minimum Gasteiger partial charge on any atom is -0.486 e. The molecule has 1 aliphatic heterocycles. The molecular formula is C17H14N2O3S. The van der Waals surface area contributed by atoms with Crippen molar-refractivity contribution in [1.82, 2.24) is 10.3 Å². The maximum atomic E-state index is 12.5. The Labute approximate surface area is 136 Å². The molecule has 1 aliphatic rings. The minimum atomic E-state index is -0.172. The number of para-hydroxylation sites is 1. The number of carbonyl (C=O) groups excluding carboxylic acids is 1. The van der Waals surface area contributed by atoms with Gasteiger partial charge in [0.05, 0.1) is 21.3 Å². The predicted molar refractivity (Wildman–Crippen MR) is 88.2 cm³/mol. The summed E-state index contributed by atoms with van der Waals surface area (Å²) in [6.07, 6.45) is 0. The van der Waals surface area contributed by atoms with E-state index in [1.54, 1.807) is 23.5 Å². The fourth-order valence-corrected chi connectivity index (χ4v) is 3.41. The van der Waals surface area contributed by atoms with Crippen molar-refractivity contribution in [3.63, 3.8) is 0 Å². The summed E-state index contributed by atoms with van der Waals surface area (Å²) in [5.41, 5.74) is 4.32. The monoisotopic (exact) mass is 326 g/mol. The SMILES string of the molecule is O=C(NCc1cccc2ncsc12)c1cccc2c1OCCO2. The summed E-state index contributed by atoms with van der Waals surface area (Å²) >= 11 is 1.58. The number of amides is 1. The van der Waals surface area contributed by atoms with Crippen LogP contribution in [0.4, 0.5) is 0 Å². The molecule has 0 unspecified atom stereocenters. The largest absolute Gasteiger partial charge is 0.486 e. The quantitative estimate of drug-likeness (QED) is 0.804. The van der Waals surface area contributed by atoms with Gasteiger partial charge in [-0.2, -0.15) is 0 Å². The van der Waals surface area contributed by atoms with Crippen molar-refractivity contribution in [2.75, 3.05) is 13.2 Å². The first-order valence-electron chi connectivity index (χ1n) is 7.31. The number of nitrogens with one attached hydrogen (secondary N) is 1. The molecule has 5 nitrogen and oxygen atoms in total. The second-order valence-corrected chi connectivity index (χ2v) is 5.98. The van der Waals surface area contributed by atoms with E-state index in [-0.39, 0.29) is 5.91 Å². The van der Waals surface area contributed by atoms with Crippen LogP contribution < -0.4 is 14.8 Å². The Kier molecular flexibility index (Phi) is 3.59. The minimum absolute atomic E-state index is 0.172. The Morgan fingerprint density at radius 2 is 2.04 bits per heavy atom. The molecule has 1 N–H and O–H groups in total. The lowest BCUT2D eigenvalue weighted by atomic mass is 10.1. The zero-order valence-electron chi connectivity index (χ0n) is 12.2. The third-order valence-corrected chi connectivity index (χ3v) is 4.61. The van der Waals surface area contributed by atoms with Crippen LogP contribution in [0.2, 0.25) is 0 Å². The standard InChI is InChI=1S/C17H14N2O3S/c20-17(12-4-2-6-14-15(12)22-8-7-21-14)18-9-11-3-1-5-13-16(11)23-10-19-13/h1-6,10H,7-9H2,(H,18,20). The lowest BCUT2D eigenvalue weighted by Crippen LogP contribution is -2.25. The van der Waals surface area contributed by atoms with Gasteiger partial charge in [0.25, 0.3) is 5.91 Å². The van der Waals surface area contributed by atoms with Crippen molar-refractivity contribution in [2.24, 2.45) is 0 Å². The zero-order valence-corrected chi connectivity index (χ0v) is 13.1. The number of aromatic nitrogens is 1. The highest BCUT2D eigenvalue weighted by Crippen LogP contribution is 2.33. The Balaban J connectivity index is 1.56. The summed E-state index contributed by atoms with van der Waals surface area (Å²) in [4.78, 5) is 16.8. The van der Waals surface area contributed by atoms with Crippen LogP contribution in [-0.4, -0.2) is 24.1 Å². The highest BCUT2D eigenvalue weighted by atomic mass is 32.1. The Bertz CT molecular complexity index is 875. The van der Waals surface area contributed by atoms with Gasteiger partial charge < -0.3 is 14.8 Å². The van der Waals surface area contributed by atoms with E-state index >= 15 is 0 Å². The van der Waals surface area contributed by atoms with Gasteiger partial charge in [-0.25, -0.2) is 4.98 Å². The van der Waals surface area contributed by atoms with Crippen LogP contribution in [0.25, 0.3) is 10.2 Å². The molecule has 6 heteroatoms. The topological polar surface area (TPSA) is 60.5 Å². The number of fused-ring (bicyclic) bond motifs is 2. The van der Waals surface area contributed by atoms with E-state index in [9.17, 15) is 4.79 Å². The van der Waals surface area contributed by atoms with Gasteiger partial charge in [-0.1, -0.05) is 18.2 Å². The van der Waals surface area contributed by atoms with Gasteiger partial charge in [-0.3, -0.25) is 4.79 Å². The van der Waals surface area contributed by atoms with E-state index in [0.717, 1.165) is 15.8 Å². The van der Waals surface area contributed by atoms with Gasteiger partial charge in [0.2, 0.25) is 0 Å². The highest BCUT2D eigenvalue weighted by molar-refractivity contribution is 7.16. The zero-order chi connectivity index (χ0) is 15.6. The normalized spacial score (nSPS) is 13.0. The van der Waals surface area contributed by atoms with E-state index in [1.165, 1.54) is 0 Å². The molecular weight excluding hydrogens is 312 g/mol. The molecule has 1 aromatic heterocycles. The number of hydrogen-bond donors (Lipinski definition) is 1. The van der Waals surface area contributed by atoms with Crippen molar-refractivity contribution in [2.45, 2.75) is 6.54 Å². The number of ether oxygens (including phenoxy) is 2. The third kappa shape index (κ3) is 2.61. The van der Waals surface area contributed by atoms with Crippen LogP contribution in [0.15, 0.2) is 41.9 Å². The fourth-order valence-electron chi connectivity index (χ4n) is 2.61. The average molecular weight is 326 g/mol. The molecule has 0 saturated carbocycles. The van der Waals surface area contributed by atoms with Gasteiger partial charge in [0.1, 0.15) is 13.2 Å². The third-order valence-electron chi connectivity index (χ3n) is 3.69. The Morgan fingerprint density at radius 1 is 1.17 bits per heavy atom. The molecule has 0 saturated heterocycles. The van der Waals surface area contributed by atoms with Crippen LogP contribution in [-0.2, 0) is 6.54 Å². The van der Waals surface area contributed by atoms with Gasteiger partial charge in [0.15, 0.2) is 11.5 Å². The van der Waals surface area contributed by atoms with E-state index in [0.29, 0.717) is 36.8 Å². The summed E-state index contributed by atoms with van der Waals surface area (Å²) in [6.45, 7) is 1.41. The van der Waals surface area contributed by atoms with Gasteiger partial charge in [-0.15, -0.1) is 11.3 Å². The van der Waals surface area contributed by atoms with Crippen molar-refractivity contribution in [3.8, 4) is 11.5 Å². The van der Waals surface area contributed by atoms with Gasteiger partial charge in [0, 0.05) is 6.54 Å². The van der Waals surface area contributed by atoms with E-state index in [1.807, 2.05) is 29.8 Å². The van der Waals surface area contributed by atoms with Crippen molar-refractivity contribution < 1.29 is 14.3 Å². The second kappa shape index (κ2) is 5.89. The Hall–Kier alpha value is -2.60. The summed E-state index contributed by atoms with van der Waals surface area (Å²) < 4.78 is 12.2. The lowest BCUT2D eigenvalue weighted by Gasteiger charge is -2.20. The Morgan fingerprint density at radius 3 is 3.00 bits per heavy atom. The number of carbonyl (C=O) groups is 1. The van der Waals surface area contributed by atoms with Crippen LogP contribution in [0.3, 0.4) is 0 Å².